The lowest BCUT2D eigenvalue weighted by molar-refractivity contribution is -0.139. The van der Waals surface area contributed by atoms with Crippen LogP contribution in [0.3, 0.4) is 0 Å². The summed E-state index contributed by atoms with van der Waals surface area (Å²) in [5, 5.41) is 3.37. The van der Waals surface area contributed by atoms with Gasteiger partial charge in [-0.05, 0) is 44.0 Å². The molecule has 2 aromatic rings. The van der Waals surface area contributed by atoms with Gasteiger partial charge in [-0.3, -0.25) is 4.79 Å². The number of ether oxygens (including phenoxy) is 3. The second-order valence-corrected chi connectivity index (χ2v) is 8.77. The summed E-state index contributed by atoms with van der Waals surface area (Å²) in [6.45, 7) is 5.95. The molecule has 34 heavy (non-hydrogen) atoms. The molecule has 0 radical (unpaired) electrons. The van der Waals surface area contributed by atoms with E-state index in [4.69, 9.17) is 14.2 Å². The Balaban J connectivity index is 1.81. The van der Waals surface area contributed by atoms with E-state index in [0.29, 0.717) is 29.2 Å². The van der Waals surface area contributed by atoms with E-state index < -0.39 is 11.8 Å². The lowest BCUT2D eigenvalue weighted by Gasteiger charge is -2.39. The van der Waals surface area contributed by atoms with Gasteiger partial charge in [-0.2, -0.15) is 0 Å². The molecule has 0 aromatic heterocycles. The third-order valence-corrected chi connectivity index (χ3v) is 6.60. The average molecular weight is 462 g/mol. The highest BCUT2D eigenvalue weighted by molar-refractivity contribution is 5.96. The van der Waals surface area contributed by atoms with E-state index in [1.165, 1.54) is 0 Å². The van der Waals surface area contributed by atoms with Crippen LogP contribution in [-0.4, -0.2) is 32.6 Å². The Bertz CT molecular complexity index is 1180. The fraction of sp³-hybridized carbons (Fsp3) is 0.357. The highest BCUT2D eigenvalue weighted by Gasteiger charge is 2.45. The number of carbonyl (C=O) groups excluding carboxylic acids is 2. The normalized spacial score (nSPS) is 21.9. The molecule has 0 saturated carbocycles. The Kier molecular flexibility index (Phi) is 6.77. The predicted molar refractivity (Wildman–Crippen MR) is 130 cm³/mol. The van der Waals surface area contributed by atoms with Gasteiger partial charge in [0.15, 0.2) is 11.5 Å². The molecule has 6 nitrogen and oxygen atoms in total. The van der Waals surface area contributed by atoms with Gasteiger partial charge in [-0.15, -0.1) is 0 Å². The van der Waals surface area contributed by atoms with E-state index in [-0.39, 0.29) is 24.3 Å². The first-order valence-electron chi connectivity index (χ1n) is 11.6. The molecule has 0 saturated heterocycles. The number of carbonyl (C=O) groups is 2. The van der Waals surface area contributed by atoms with E-state index in [1.807, 2.05) is 56.3 Å². The van der Waals surface area contributed by atoms with Crippen molar-refractivity contribution in [2.45, 2.75) is 39.0 Å². The molecule has 0 amide bonds. The van der Waals surface area contributed by atoms with E-state index >= 15 is 0 Å². The zero-order chi connectivity index (χ0) is 24.4. The minimum Gasteiger partial charge on any atom is -0.493 e. The molecule has 6 heteroatoms. The number of hydrogen-bond donors (Lipinski definition) is 1. The van der Waals surface area contributed by atoms with Crippen molar-refractivity contribution in [2.75, 3.05) is 20.8 Å². The van der Waals surface area contributed by atoms with Crippen LogP contribution in [0.1, 0.15) is 48.8 Å². The lowest BCUT2D eigenvalue weighted by Crippen LogP contribution is -2.42. The molecule has 3 unspecified atom stereocenters. The number of allylic oxidation sites excluding steroid dienone is 3. The number of Topliss-reactive ketones (excluding diaryl/α,β-unsaturated/α-hetero) is 1. The number of methoxy groups -OCH3 is 2. The maximum absolute atomic E-state index is 13.7. The summed E-state index contributed by atoms with van der Waals surface area (Å²) < 4.78 is 16.2. The van der Waals surface area contributed by atoms with Crippen molar-refractivity contribution in [1.29, 1.82) is 0 Å². The van der Waals surface area contributed by atoms with Gasteiger partial charge in [0, 0.05) is 29.7 Å². The summed E-state index contributed by atoms with van der Waals surface area (Å²) in [6.07, 6.45) is 2.45. The molecule has 1 aliphatic carbocycles. The van der Waals surface area contributed by atoms with Crippen LogP contribution in [0.5, 0.6) is 11.5 Å². The molecule has 1 heterocycles. The summed E-state index contributed by atoms with van der Waals surface area (Å²) in [5.74, 6) is 0.00110. The minimum absolute atomic E-state index is 0.0885. The number of aryl methyl sites for hydroxylation is 1. The minimum atomic E-state index is -0.471. The first-order valence-corrected chi connectivity index (χ1v) is 11.6. The average Bonchev–Trinajstić information content (AvgIpc) is 2.82. The molecule has 2 aliphatic rings. The summed E-state index contributed by atoms with van der Waals surface area (Å²) >= 11 is 0. The van der Waals surface area contributed by atoms with Crippen molar-refractivity contribution in [1.82, 2.24) is 5.32 Å². The van der Waals surface area contributed by atoms with E-state index in [2.05, 4.69) is 11.4 Å². The second kappa shape index (κ2) is 9.75. The molecule has 0 fully saturated rings. The summed E-state index contributed by atoms with van der Waals surface area (Å²) in [4.78, 5) is 26.7. The van der Waals surface area contributed by atoms with Gasteiger partial charge in [-0.1, -0.05) is 42.0 Å². The highest BCUT2D eigenvalue weighted by atomic mass is 16.5. The van der Waals surface area contributed by atoms with Gasteiger partial charge in [-0.25, -0.2) is 4.79 Å². The quantitative estimate of drug-likeness (QED) is 0.624. The van der Waals surface area contributed by atoms with Crippen LogP contribution in [0.25, 0.3) is 0 Å². The van der Waals surface area contributed by atoms with Crippen LogP contribution < -0.4 is 14.8 Å². The van der Waals surface area contributed by atoms with Crippen LogP contribution in [0, 0.1) is 12.8 Å². The number of esters is 1. The first kappa shape index (κ1) is 23.6. The first-order chi connectivity index (χ1) is 16.4. The molecule has 1 N–H and O–H groups in total. The lowest BCUT2D eigenvalue weighted by atomic mass is 9.68. The van der Waals surface area contributed by atoms with Crippen LogP contribution in [-0.2, 0) is 14.3 Å². The second-order valence-electron chi connectivity index (χ2n) is 8.77. The summed E-state index contributed by atoms with van der Waals surface area (Å²) in [7, 11) is 3.20. The highest BCUT2D eigenvalue weighted by Crippen LogP contribution is 2.46. The number of rotatable bonds is 6. The van der Waals surface area contributed by atoms with Crippen LogP contribution >= 0.6 is 0 Å². The van der Waals surface area contributed by atoms with E-state index in [0.717, 1.165) is 22.4 Å². The summed E-state index contributed by atoms with van der Waals surface area (Å²) in [5.41, 5.74) is 5.06. The Hall–Kier alpha value is -3.54. The molecule has 178 valence electrons. The van der Waals surface area contributed by atoms with Gasteiger partial charge in [0.1, 0.15) is 5.78 Å². The van der Waals surface area contributed by atoms with Crippen LogP contribution in [0.2, 0.25) is 0 Å². The molecule has 0 spiro atoms. The summed E-state index contributed by atoms with van der Waals surface area (Å²) in [6, 6.07) is 13.8. The van der Waals surface area contributed by atoms with E-state index in [1.54, 1.807) is 21.1 Å². The number of ketones is 1. The molecular formula is C28H31NO5. The zero-order valence-electron chi connectivity index (χ0n) is 20.3. The predicted octanol–water partition coefficient (Wildman–Crippen LogP) is 4.79. The topological polar surface area (TPSA) is 73.9 Å². The fourth-order valence-corrected chi connectivity index (χ4v) is 5.07. The Morgan fingerprint density at radius 1 is 1.00 bits per heavy atom. The Morgan fingerprint density at radius 3 is 2.44 bits per heavy atom. The molecular weight excluding hydrogens is 430 g/mol. The van der Waals surface area contributed by atoms with Crippen LogP contribution in [0.15, 0.2) is 65.5 Å². The zero-order valence-corrected chi connectivity index (χ0v) is 20.3. The van der Waals surface area contributed by atoms with Crippen molar-refractivity contribution in [3.05, 3.63) is 82.2 Å². The Morgan fingerprint density at radius 2 is 1.76 bits per heavy atom. The number of benzene rings is 2. The smallest absolute Gasteiger partial charge is 0.336 e. The number of hydrogen-bond acceptors (Lipinski definition) is 6. The molecule has 0 bridgehead atoms. The molecule has 1 aliphatic heterocycles. The Labute approximate surface area is 200 Å². The van der Waals surface area contributed by atoms with Gasteiger partial charge >= 0.3 is 5.97 Å². The van der Waals surface area contributed by atoms with Crippen LogP contribution in [0.4, 0.5) is 0 Å². The van der Waals surface area contributed by atoms with Gasteiger partial charge in [0.05, 0.1) is 32.3 Å². The van der Waals surface area contributed by atoms with Crippen molar-refractivity contribution in [3.8, 4) is 11.5 Å². The largest absolute Gasteiger partial charge is 0.493 e. The monoisotopic (exact) mass is 461 g/mol. The van der Waals surface area contributed by atoms with E-state index in [9.17, 15) is 9.59 Å². The molecule has 2 aromatic carbocycles. The standard InChI is InChI=1S/C28H31NO5/c1-6-34-28(31)25-17(3)29-21-13-20(18-10-11-23(32-4)24(15-18)33-5)14-22(30)27(21)26(25)19-9-7-8-16(2)12-19/h7-13,15,20,26-27,29H,6,14H2,1-5H3. The number of nitrogens with one attached hydrogen (secondary N) is 1. The van der Waals surface area contributed by atoms with Crippen molar-refractivity contribution < 1.29 is 23.8 Å². The van der Waals surface area contributed by atoms with Crippen molar-refractivity contribution in [3.63, 3.8) is 0 Å². The SMILES string of the molecule is CCOC(=O)C1=C(C)NC2=CC(c3ccc(OC)c(OC)c3)CC(=O)C2C1c1cccc(C)c1. The van der Waals surface area contributed by atoms with Crippen molar-refractivity contribution >= 4 is 11.8 Å². The molecule has 4 rings (SSSR count). The fourth-order valence-electron chi connectivity index (χ4n) is 5.07. The molecule has 3 atom stereocenters. The number of fused-ring (bicyclic) bond motifs is 1. The third kappa shape index (κ3) is 4.32. The van der Waals surface area contributed by atoms with Gasteiger partial charge in [0.25, 0.3) is 0 Å². The maximum Gasteiger partial charge on any atom is 0.336 e. The van der Waals surface area contributed by atoms with Crippen molar-refractivity contribution in [2.24, 2.45) is 5.92 Å². The third-order valence-electron chi connectivity index (χ3n) is 6.60. The maximum atomic E-state index is 13.7. The van der Waals surface area contributed by atoms with Gasteiger partial charge in [0.2, 0.25) is 0 Å². The van der Waals surface area contributed by atoms with Gasteiger partial charge < -0.3 is 19.5 Å².